The zero-order chi connectivity index (χ0) is 9.90. The molecule has 0 bridgehead atoms. The summed E-state index contributed by atoms with van der Waals surface area (Å²) in [6, 6.07) is -0.0778. The summed E-state index contributed by atoms with van der Waals surface area (Å²) in [7, 11) is -3.53. The molecular weight excluding hydrogens is 196 g/mol. The van der Waals surface area contributed by atoms with Crippen LogP contribution in [0.2, 0.25) is 0 Å². The quantitative estimate of drug-likeness (QED) is 0.706. The average molecular weight is 206 g/mol. The molecule has 0 atom stereocenters. The lowest BCUT2D eigenvalue weighted by Gasteiger charge is -2.00. The highest BCUT2D eigenvalue weighted by molar-refractivity contribution is 7.92. The molecule has 2 N–H and O–H groups in total. The molecule has 13 heavy (non-hydrogen) atoms. The normalized spacial score (nSPS) is 11.5. The van der Waals surface area contributed by atoms with Crippen molar-refractivity contribution < 1.29 is 17.9 Å². The standard InChI is InChI=1S/C6H10N2O4S/c1-5-4-12-6(7-5)8-13(10,11)3-2-9/h4,9H,2-3H2,1H3,(H,7,8). The molecule has 0 aliphatic rings. The number of aryl methyl sites for hydroxylation is 1. The van der Waals surface area contributed by atoms with Crippen molar-refractivity contribution in [2.45, 2.75) is 6.92 Å². The Kier molecular flexibility index (Phi) is 2.89. The zero-order valence-corrected chi connectivity index (χ0v) is 7.84. The first-order valence-corrected chi connectivity index (χ1v) is 5.22. The van der Waals surface area contributed by atoms with E-state index in [2.05, 4.69) is 9.71 Å². The minimum atomic E-state index is -3.53. The molecule has 1 aromatic rings. The fourth-order valence-electron chi connectivity index (χ4n) is 0.705. The third-order valence-corrected chi connectivity index (χ3v) is 2.43. The number of oxazole rings is 1. The molecule has 6 nitrogen and oxygen atoms in total. The largest absolute Gasteiger partial charge is 0.431 e. The fourth-order valence-corrected chi connectivity index (χ4v) is 1.41. The first kappa shape index (κ1) is 10.0. The van der Waals surface area contributed by atoms with Gasteiger partial charge < -0.3 is 9.52 Å². The highest BCUT2D eigenvalue weighted by atomic mass is 32.2. The summed E-state index contributed by atoms with van der Waals surface area (Å²) in [4.78, 5) is 3.74. The van der Waals surface area contributed by atoms with Crippen LogP contribution in [0.3, 0.4) is 0 Å². The van der Waals surface area contributed by atoms with Crippen molar-refractivity contribution in [1.29, 1.82) is 0 Å². The van der Waals surface area contributed by atoms with Gasteiger partial charge in [-0.25, -0.2) is 13.1 Å². The van der Waals surface area contributed by atoms with Crippen LogP contribution < -0.4 is 4.72 Å². The van der Waals surface area contributed by atoms with Crippen molar-refractivity contribution in [3.05, 3.63) is 12.0 Å². The molecule has 0 amide bonds. The number of anilines is 1. The molecule has 7 heteroatoms. The van der Waals surface area contributed by atoms with Gasteiger partial charge in [0.2, 0.25) is 10.0 Å². The van der Waals surface area contributed by atoms with E-state index in [0.29, 0.717) is 5.69 Å². The Bertz CT molecular complexity index is 370. The number of hydrogen-bond donors (Lipinski definition) is 2. The van der Waals surface area contributed by atoms with E-state index < -0.39 is 16.6 Å². The SMILES string of the molecule is Cc1coc(NS(=O)(=O)CCO)n1. The highest BCUT2D eigenvalue weighted by Gasteiger charge is 2.12. The van der Waals surface area contributed by atoms with Crippen molar-refractivity contribution in [2.75, 3.05) is 17.1 Å². The zero-order valence-electron chi connectivity index (χ0n) is 7.02. The third-order valence-electron chi connectivity index (χ3n) is 1.22. The van der Waals surface area contributed by atoms with Crippen LogP contribution in [0.25, 0.3) is 0 Å². The molecule has 0 saturated carbocycles. The molecule has 74 valence electrons. The number of nitrogens with zero attached hydrogens (tertiary/aromatic N) is 1. The molecule has 0 fully saturated rings. The topological polar surface area (TPSA) is 92.4 Å². The van der Waals surface area contributed by atoms with Gasteiger partial charge in [-0.1, -0.05) is 0 Å². The summed E-state index contributed by atoms with van der Waals surface area (Å²) in [6.45, 7) is 1.24. The van der Waals surface area contributed by atoms with E-state index in [1.165, 1.54) is 6.26 Å². The lowest BCUT2D eigenvalue weighted by molar-refractivity contribution is 0.320. The second-order valence-electron chi connectivity index (χ2n) is 2.44. The van der Waals surface area contributed by atoms with Crippen LogP contribution in [-0.4, -0.2) is 30.9 Å². The Morgan fingerprint density at radius 2 is 2.38 bits per heavy atom. The van der Waals surface area contributed by atoms with E-state index in [9.17, 15) is 8.42 Å². The van der Waals surface area contributed by atoms with Crippen LogP contribution in [0.4, 0.5) is 6.01 Å². The van der Waals surface area contributed by atoms with Crippen LogP contribution in [0.1, 0.15) is 5.69 Å². The number of nitrogens with one attached hydrogen (secondary N) is 1. The highest BCUT2D eigenvalue weighted by Crippen LogP contribution is 2.07. The van der Waals surface area contributed by atoms with Gasteiger partial charge in [0.15, 0.2) is 0 Å². The van der Waals surface area contributed by atoms with Crippen LogP contribution >= 0.6 is 0 Å². The van der Waals surface area contributed by atoms with Gasteiger partial charge in [-0.2, -0.15) is 4.98 Å². The van der Waals surface area contributed by atoms with Crippen LogP contribution in [0.15, 0.2) is 10.7 Å². The van der Waals surface area contributed by atoms with Crippen molar-refractivity contribution in [1.82, 2.24) is 4.98 Å². The van der Waals surface area contributed by atoms with Gasteiger partial charge in [-0.05, 0) is 6.92 Å². The van der Waals surface area contributed by atoms with Crippen molar-refractivity contribution >= 4 is 16.0 Å². The third kappa shape index (κ3) is 3.03. The van der Waals surface area contributed by atoms with Gasteiger partial charge >= 0.3 is 6.01 Å². The number of rotatable bonds is 4. The predicted octanol–water partition coefficient (Wildman–Crippen LogP) is -0.283. The Labute approximate surface area is 75.6 Å². The molecule has 0 unspecified atom stereocenters. The van der Waals surface area contributed by atoms with Crippen molar-refractivity contribution in [2.24, 2.45) is 0 Å². The van der Waals surface area contributed by atoms with E-state index in [-0.39, 0.29) is 11.8 Å². The number of aliphatic hydroxyl groups is 1. The summed E-state index contributed by atoms with van der Waals surface area (Å²) in [6.07, 6.45) is 1.33. The molecular formula is C6H10N2O4S. The lowest BCUT2D eigenvalue weighted by Crippen LogP contribution is -2.18. The van der Waals surface area contributed by atoms with Gasteiger partial charge in [-0.3, -0.25) is 0 Å². The molecule has 1 rings (SSSR count). The Morgan fingerprint density at radius 1 is 1.69 bits per heavy atom. The minimum Gasteiger partial charge on any atom is -0.431 e. The van der Waals surface area contributed by atoms with Crippen LogP contribution in [0.5, 0.6) is 0 Å². The minimum absolute atomic E-state index is 0.0778. The summed E-state index contributed by atoms with van der Waals surface area (Å²) >= 11 is 0. The molecule has 0 aliphatic carbocycles. The van der Waals surface area contributed by atoms with E-state index in [4.69, 9.17) is 9.52 Å². The maximum atomic E-state index is 11.0. The van der Waals surface area contributed by atoms with Crippen molar-refractivity contribution in [3.63, 3.8) is 0 Å². The first-order chi connectivity index (χ1) is 6.03. The number of aliphatic hydroxyl groups excluding tert-OH is 1. The van der Waals surface area contributed by atoms with E-state index in [1.54, 1.807) is 6.92 Å². The second-order valence-corrected chi connectivity index (χ2v) is 4.28. The number of aromatic nitrogens is 1. The van der Waals surface area contributed by atoms with Gasteiger partial charge in [0.1, 0.15) is 6.26 Å². The van der Waals surface area contributed by atoms with Gasteiger partial charge in [0.05, 0.1) is 18.1 Å². The molecule has 0 saturated heterocycles. The summed E-state index contributed by atoms with van der Waals surface area (Å²) < 4.78 is 28.9. The lowest BCUT2D eigenvalue weighted by atomic mass is 10.6. The van der Waals surface area contributed by atoms with E-state index in [0.717, 1.165) is 0 Å². The van der Waals surface area contributed by atoms with E-state index >= 15 is 0 Å². The Balaban J connectivity index is 2.69. The number of sulfonamides is 1. The number of hydrogen-bond acceptors (Lipinski definition) is 5. The Hall–Kier alpha value is -1.08. The summed E-state index contributed by atoms with van der Waals surface area (Å²) in [5, 5.41) is 8.41. The van der Waals surface area contributed by atoms with Gasteiger partial charge in [0.25, 0.3) is 0 Å². The van der Waals surface area contributed by atoms with Gasteiger partial charge in [-0.15, -0.1) is 0 Å². The molecule has 1 aromatic heterocycles. The fraction of sp³-hybridized carbons (Fsp3) is 0.500. The molecule has 0 spiro atoms. The molecule has 1 heterocycles. The van der Waals surface area contributed by atoms with Crippen molar-refractivity contribution in [3.8, 4) is 0 Å². The predicted molar refractivity (Wildman–Crippen MR) is 45.7 cm³/mol. The molecule has 0 aliphatic heterocycles. The monoisotopic (exact) mass is 206 g/mol. The maximum absolute atomic E-state index is 11.0. The van der Waals surface area contributed by atoms with E-state index in [1.807, 2.05) is 0 Å². The molecule has 0 radical (unpaired) electrons. The van der Waals surface area contributed by atoms with Crippen LogP contribution in [0, 0.1) is 6.92 Å². The maximum Gasteiger partial charge on any atom is 0.308 e. The summed E-state index contributed by atoms with van der Waals surface area (Å²) in [5.41, 5.74) is 0.585. The first-order valence-electron chi connectivity index (χ1n) is 3.57. The Morgan fingerprint density at radius 3 is 2.85 bits per heavy atom. The van der Waals surface area contributed by atoms with Crippen LogP contribution in [-0.2, 0) is 10.0 Å². The summed E-state index contributed by atoms with van der Waals surface area (Å²) in [5.74, 6) is -0.367. The smallest absolute Gasteiger partial charge is 0.308 e. The van der Waals surface area contributed by atoms with Gasteiger partial charge in [0, 0.05) is 0 Å². The molecule has 0 aromatic carbocycles. The average Bonchev–Trinajstić information content (AvgIpc) is 2.34. The second kappa shape index (κ2) is 3.75.